The summed E-state index contributed by atoms with van der Waals surface area (Å²) in [6.45, 7) is -0.0193. The number of H-pyrrole nitrogens is 1. The number of thiophene rings is 1. The summed E-state index contributed by atoms with van der Waals surface area (Å²) in [5.41, 5.74) is 2.01. The number of aryl methyl sites for hydroxylation is 2. The van der Waals surface area contributed by atoms with E-state index in [9.17, 15) is 10.1 Å². The van der Waals surface area contributed by atoms with Crippen LogP contribution in [0.25, 0.3) is 21.9 Å². The fourth-order valence-corrected chi connectivity index (χ4v) is 4.65. The van der Waals surface area contributed by atoms with Crippen LogP contribution in [-0.2, 0) is 12.8 Å². The van der Waals surface area contributed by atoms with Crippen molar-refractivity contribution in [1.82, 2.24) is 9.97 Å². The third-order valence-corrected chi connectivity index (χ3v) is 5.88. The van der Waals surface area contributed by atoms with Crippen LogP contribution in [0.4, 0.5) is 0 Å². The number of nitrogens with one attached hydrogen (secondary N) is 1. The lowest BCUT2D eigenvalue weighted by Crippen LogP contribution is -2.12. The number of allylic oxidation sites excluding steroid dienone is 1. The fraction of sp³-hybridized carbons (Fsp3) is 0.238. The smallest absolute Gasteiger partial charge is 0.260 e. The lowest BCUT2D eigenvalue weighted by atomic mass is 9.97. The molecule has 138 valence electrons. The molecule has 6 nitrogen and oxygen atoms in total. The molecule has 1 aromatic carbocycles. The quantitative estimate of drug-likeness (QED) is 0.684. The SMILES string of the molecule is N#CCOc1ccc(/C=C(\C#N)c2nc3sc4c(c3c(=O)[nH]2)CCCC4)cc1. The highest BCUT2D eigenvalue weighted by Crippen LogP contribution is 2.34. The first-order valence-electron chi connectivity index (χ1n) is 8.96. The van der Waals surface area contributed by atoms with Gasteiger partial charge in [-0.15, -0.1) is 11.3 Å². The summed E-state index contributed by atoms with van der Waals surface area (Å²) < 4.78 is 5.22. The Morgan fingerprint density at radius 1 is 1.25 bits per heavy atom. The van der Waals surface area contributed by atoms with E-state index in [4.69, 9.17) is 10.00 Å². The number of aromatic amines is 1. The van der Waals surface area contributed by atoms with Crippen molar-refractivity contribution in [3.63, 3.8) is 0 Å². The fourth-order valence-electron chi connectivity index (χ4n) is 3.39. The zero-order chi connectivity index (χ0) is 19.5. The molecule has 3 aromatic rings. The Morgan fingerprint density at radius 3 is 2.79 bits per heavy atom. The minimum atomic E-state index is -0.180. The molecule has 0 saturated carbocycles. The van der Waals surface area contributed by atoms with Crippen LogP contribution in [0.2, 0.25) is 0 Å². The van der Waals surface area contributed by atoms with E-state index in [0.717, 1.165) is 36.8 Å². The van der Waals surface area contributed by atoms with Crippen LogP contribution in [0.1, 0.15) is 34.7 Å². The van der Waals surface area contributed by atoms with E-state index in [1.807, 2.05) is 6.07 Å². The molecule has 4 rings (SSSR count). The molecule has 0 spiro atoms. The minimum Gasteiger partial charge on any atom is -0.479 e. The molecular weight excluding hydrogens is 372 g/mol. The van der Waals surface area contributed by atoms with Crippen LogP contribution in [0.5, 0.6) is 5.75 Å². The number of rotatable bonds is 4. The Balaban J connectivity index is 1.71. The zero-order valence-electron chi connectivity index (χ0n) is 15.0. The predicted molar refractivity (Wildman–Crippen MR) is 108 cm³/mol. The third kappa shape index (κ3) is 3.40. The summed E-state index contributed by atoms with van der Waals surface area (Å²) in [5, 5.41) is 18.8. The van der Waals surface area contributed by atoms with Crippen molar-refractivity contribution in [2.45, 2.75) is 25.7 Å². The van der Waals surface area contributed by atoms with Gasteiger partial charge in [-0.25, -0.2) is 4.98 Å². The lowest BCUT2D eigenvalue weighted by molar-refractivity contribution is 0.368. The summed E-state index contributed by atoms with van der Waals surface area (Å²) in [6, 6.07) is 11.1. The van der Waals surface area contributed by atoms with Gasteiger partial charge in [0.05, 0.1) is 11.0 Å². The normalized spacial score (nSPS) is 13.6. The number of nitrogens with zero attached hydrogens (tertiary/aromatic N) is 3. The van der Waals surface area contributed by atoms with E-state index in [1.54, 1.807) is 41.7 Å². The molecular formula is C21H16N4O2S. The average Bonchev–Trinajstić information content (AvgIpc) is 3.10. The van der Waals surface area contributed by atoms with E-state index < -0.39 is 0 Å². The van der Waals surface area contributed by atoms with Crippen molar-refractivity contribution in [2.24, 2.45) is 0 Å². The topological polar surface area (TPSA) is 103 Å². The average molecular weight is 388 g/mol. The molecule has 1 aliphatic carbocycles. The maximum Gasteiger partial charge on any atom is 0.260 e. The van der Waals surface area contributed by atoms with E-state index in [-0.39, 0.29) is 23.6 Å². The number of hydrogen-bond acceptors (Lipinski definition) is 6. The van der Waals surface area contributed by atoms with E-state index in [0.29, 0.717) is 16.0 Å². The molecule has 2 aromatic heterocycles. The van der Waals surface area contributed by atoms with Crippen LogP contribution < -0.4 is 10.3 Å². The van der Waals surface area contributed by atoms with Gasteiger partial charge in [-0.1, -0.05) is 12.1 Å². The lowest BCUT2D eigenvalue weighted by Gasteiger charge is -2.09. The monoisotopic (exact) mass is 388 g/mol. The van der Waals surface area contributed by atoms with Gasteiger partial charge in [0.15, 0.2) is 12.4 Å². The Morgan fingerprint density at radius 2 is 2.04 bits per heavy atom. The highest BCUT2D eigenvalue weighted by atomic mass is 32.1. The third-order valence-electron chi connectivity index (χ3n) is 4.70. The van der Waals surface area contributed by atoms with Gasteiger partial charge in [-0.05, 0) is 55.0 Å². The van der Waals surface area contributed by atoms with E-state index in [1.165, 1.54) is 4.88 Å². The van der Waals surface area contributed by atoms with Crippen molar-refractivity contribution in [2.75, 3.05) is 6.61 Å². The van der Waals surface area contributed by atoms with Crippen molar-refractivity contribution < 1.29 is 4.74 Å². The summed E-state index contributed by atoms with van der Waals surface area (Å²) in [4.78, 5) is 22.0. The van der Waals surface area contributed by atoms with E-state index in [2.05, 4.69) is 16.0 Å². The molecule has 0 atom stereocenters. The van der Waals surface area contributed by atoms with Crippen molar-refractivity contribution >= 4 is 33.2 Å². The van der Waals surface area contributed by atoms with Gasteiger partial charge in [-0.2, -0.15) is 10.5 Å². The van der Waals surface area contributed by atoms with Crippen molar-refractivity contribution in [3.8, 4) is 17.9 Å². The molecule has 1 N–H and O–H groups in total. The van der Waals surface area contributed by atoms with Gasteiger partial charge in [0, 0.05) is 4.88 Å². The molecule has 0 unspecified atom stereocenters. The van der Waals surface area contributed by atoms with Gasteiger partial charge in [0.1, 0.15) is 22.7 Å². The molecule has 0 fully saturated rings. The maximum atomic E-state index is 12.7. The summed E-state index contributed by atoms with van der Waals surface area (Å²) in [6.07, 6.45) is 5.82. The Kier molecular flexibility index (Phi) is 4.92. The Hall–Kier alpha value is -3.42. The van der Waals surface area contributed by atoms with Gasteiger partial charge in [-0.3, -0.25) is 4.79 Å². The first kappa shape index (κ1) is 18.0. The second-order valence-electron chi connectivity index (χ2n) is 6.49. The highest BCUT2D eigenvalue weighted by molar-refractivity contribution is 7.18. The second-order valence-corrected chi connectivity index (χ2v) is 7.57. The summed E-state index contributed by atoms with van der Waals surface area (Å²) in [5.74, 6) is 0.859. The van der Waals surface area contributed by atoms with Crippen molar-refractivity contribution in [3.05, 3.63) is 56.4 Å². The van der Waals surface area contributed by atoms with Gasteiger partial charge in [0.2, 0.25) is 0 Å². The Labute approximate surface area is 165 Å². The van der Waals surface area contributed by atoms with E-state index >= 15 is 0 Å². The summed E-state index contributed by atoms with van der Waals surface area (Å²) >= 11 is 1.56. The molecule has 2 heterocycles. The summed E-state index contributed by atoms with van der Waals surface area (Å²) in [7, 11) is 0. The molecule has 0 bridgehead atoms. The highest BCUT2D eigenvalue weighted by Gasteiger charge is 2.20. The zero-order valence-corrected chi connectivity index (χ0v) is 15.8. The van der Waals surface area contributed by atoms with Gasteiger partial charge in [0.25, 0.3) is 5.56 Å². The molecule has 0 amide bonds. The number of hydrogen-bond donors (Lipinski definition) is 1. The first-order chi connectivity index (χ1) is 13.7. The second kappa shape index (κ2) is 7.67. The molecule has 1 aliphatic rings. The van der Waals surface area contributed by atoms with Crippen LogP contribution in [0.15, 0.2) is 29.1 Å². The number of aromatic nitrogens is 2. The van der Waals surface area contributed by atoms with Crippen LogP contribution in [0.3, 0.4) is 0 Å². The van der Waals surface area contributed by atoms with Crippen LogP contribution >= 0.6 is 11.3 Å². The molecule has 7 heteroatoms. The van der Waals surface area contributed by atoms with Gasteiger partial charge < -0.3 is 9.72 Å². The Bertz CT molecular complexity index is 1210. The van der Waals surface area contributed by atoms with Gasteiger partial charge >= 0.3 is 0 Å². The van der Waals surface area contributed by atoms with Crippen molar-refractivity contribution in [1.29, 1.82) is 10.5 Å². The number of ether oxygens (including phenoxy) is 1. The van der Waals surface area contributed by atoms with Crippen LogP contribution in [0, 0.1) is 22.7 Å². The number of fused-ring (bicyclic) bond motifs is 3. The van der Waals surface area contributed by atoms with Crippen LogP contribution in [-0.4, -0.2) is 16.6 Å². The number of nitriles is 2. The molecule has 28 heavy (non-hydrogen) atoms. The maximum absolute atomic E-state index is 12.7. The minimum absolute atomic E-state index is 0.0193. The largest absolute Gasteiger partial charge is 0.479 e. The standard InChI is InChI=1S/C21H16N4O2S/c22-9-10-27-15-7-5-13(6-8-15)11-14(12-23)19-24-20(26)18-16-3-1-2-4-17(16)28-21(18)25-19/h5-8,11H,1-4,10H2,(H,24,25,26)/b14-11+. The predicted octanol–water partition coefficient (Wildman–Crippen LogP) is 3.83. The molecule has 0 saturated heterocycles. The molecule has 0 radical (unpaired) electrons. The first-order valence-corrected chi connectivity index (χ1v) is 9.78. The molecule has 0 aliphatic heterocycles. The number of benzene rings is 1.